The quantitative estimate of drug-likeness (QED) is 0.505. The molecule has 4 nitrogen and oxygen atoms in total. The van der Waals surface area contributed by atoms with Gasteiger partial charge in [0, 0.05) is 12.1 Å². The van der Waals surface area contributed by atoms with E-state index in [0.717, 1.165) is 20.8 Å². The molecule has 1 aromatic heterocycles. The second-order valence-corrected chi connectivity index (χ2v) is 6.22. The monoisotopic (exact) mass is 310 g/mol. The van der Waals surface area contributed by atoms with Crippen LogP contribution in [-0.2, 0) is 0 Å². The Morgan fingerprint density at radius 2 is 1.95 bits per heavy atom. The van der Waals surface area contributed by atoms with Crippen LogP contribution in [0.1, 0.15) is 21.7 Å². The summed E-state index contributed by atoms with van der Waals surface area (Å²) >= 11 is 1.46. The third kappa shape index (κ3) is 2.89. The Morgan fingerprint density at radius 1 is 1.14 bits per heavy atom. The number of nitro benzene ring substituents is 1. The van der Waals surface area contributed by atoms with Crippen LogP contribution in [0.3, 0.4) is 0 Å². The van der Waals surface area contributed by atoms with Crippen LogP contribution in [0, 0.1) is 24.0 Å². The minimum absolute atomic E-state index is 0.0983. The molecule has 0 saturated carbocycles. The summed E-state index contributed by atoms with van der Waals surface area (Å²) in [6.45, 7) is 4.13. The van der Waals surface area contributed by atoms with Crippen molar-refractivity contribution in [2.45, 2.75) is 13.8 Å². The normalized spacial score (nSPS) is 11.4. The number of fused-ring (bicyclic) bond motifs is 1. The first-order valence-electron chi connectivity index (χ1n) is 6.83. The first-order chi connectivity index (χ1) is 10.5. The second kappa shape index (κ2) is 5.69. The Bertz CT molecular complexity index is 897. The molecule has 3 rings (SSSR count). The number of aryl methyl sites for hydroxylation is 2. The smallest absolute Gasteiger partial charge is 0.258 e. The molecule has 5 heteroatoms. The molecule has 0 fully saturated rings. The molecule has 3 aromatic rings. The summed E-state index contributed by atoms with van der Waals surface area (Å²) in [4.78, 5) is 14.9. The Hall–Kier alpha value is -2.53. The van der Waals surface area contributed by atoms with Crippen molar-refractivity contribution in [2.24, 2.45) is 0 Å². The molecule has 0 aliphatic rings. The zero-order valence-electron chi connectivity index (χ0n) is 12.2. The Kier molecular flexibility index (Phi) is 3.73. The molecule has 2 aromatic carbocycles. The predicted molar refractivity (Wildman–Crippen MR) is 91.1 cm³/mol. The van der Waals surface area contributed by atoms with Gasteiger partial charge in [-0.3, -0.25) is 10.1 Å². The molecule has 0 aliphatic carbocycles. The summed E-state index contributed by atoms with van der Waals surface area (Å²) in [6.07, 6.45) is 3.99. The number of nitrogens with zero attached hydrogens (tertiary/aromatic N) is 2. The van der Waals surface area contributed by atoms with E-state index in [4.69, 9.17) is 0 Å². The van der Waals surface area contributed by atoms with Gasteiger partial charge in [0.25, 0.3) is 5.69 Å². The zero-order valence-corrected chi connectivity index (χ0v) is 13.1. The minimum Gasteiger partial charge on any atom is -0.258 e. The highest BCUT2D eigenvalue weighted by molar-refractivity contribution is 7.19. The summed E-state index contributed by atoms with van der Waals surface area (Å²) < 4.78 is 0.829. The highest BCUT2D eigenvalue weighted by atomic mass is 32.1. The molecule has 0 N–H and O–H groups in total. The minimum atomic E-state index is -0.384. The lowest BCUT2D eigenvalue weighted by atomic mass is 10.1. The third-order valence-corrected chi connectivity index (χ3v) is 4.42. The van der Waals surface area contributed by atoms with E-state index in [9.17, 15) is 10.1 Å². The van der Waals surface area contributed by atoms with Gasteiger partial charge in [-0.2, -0.15) is 0 Å². The standard InChI is InChI=1S/C17H14N2O2S/c1-11-3-4-12(2)13(9-11)5-8-17-18-15-7-6-14(19(20)21)10-16(15)22-17/h3-10H,1-2H3. The van der Waals surface area contributed by atoms with E-state index >= 15 is 0 Å². The first kappa shape index (κ1) is 14.4. The van der Waals surface area contributed by atoms with Crippen molar-refractivity contribution in [3.05, 3.63) is 68.2 Å². The van der Waals surface area contributed by atoms with Gasteiger partial charge in [0.15, 0.2) is 0 Å². The van der Waals surface area contributed by atoms with Crippen molar-refractivity contribution in [1.29, 1.82) is 0 Å². The molecule has 0 saturated heterocycles. The highest BCUT2D eigenvalue weighted by Gasteiger charge is 2.09. The van der Waals surface area contributed by atoms with Gasteiger partial charge in [-0.1, -0.05) is 29.8 Å². The Labute approximate surface area is 131 Å². The van der Waals surface area contributed by atoms with Gasteiger partial charge in [-0.15, -0.1) is 11.3 Å². The van der Waals surface area contributed by atoms with Gasteiger partial charge >= 0.3 is 0 Å². The van der Waals surface area contributed by atoms with Crippen LogP contribution < -0.4 is 0 Å². The lowest BCUT2D eigenvalue weighted by molar-refractivity contribution is -0.384. The van der Waals surface area contributed by atoms with Crippen LogP contribution in [-0.4, -0.2) is 9.91 Å². The number of hydrogen-bond acceptors (Lipinski definition) is 4. The number of aromatic nitrogens is 1. The number of benzene rings is 2. The van der Waals surface area contributed by atoms with Crippen molar-refractivity contribution >= 4 is 39.4 Å². The van der Waals surface area contributed by atoms with Crippen LogP contribution in [0.4, 0.5) is 5.69 Å². The number of nitro groups is 1. The first-order valence-corrected chi connectivity index (χ1v) is 7.65. The van der Waals surface area contributed by atoms with Gasteiger partial charge in [0.1, 0.15) is 5.01 Å². The van der Waals surface area contributed by atoms with Gasteiger partial charge < -0.3 is 0 Å². The maximum Gasteiger partial charge on any atom is 0.270 e. The van der Waals surface area contributed by atoms with E-state index in [2.05, 4.69) is 37.0 Å². The third-order valence-electron chi connectivity index (χ3n) is 3.44. The fourth-order valence-corrected chi connectivity index (χ4v) is 3.12. The molecule has 0 bridgehead atoms. The molecule has 0 aliphatic heterocycles. The van der Waals surface area contributed by atoms with Crippen LogP contribution in [0.25, 0.3) is 22.4 Å². The topological polar surface area (TPSA) is 56.0 Å². The maximum absolute atomic E-state index is 10.8. The van der Waals surface area contributed by atoms with E-state index in [1.807, 2.05) is 12.2 Å². The molecular weight excluding hydrogens is 296 g/mol. The van der Waals surface area contributed by atoms with E-state index in [1.54, 1.807) is 12.1 Å². The molecule has 1 heterocycles. The summed E-state index contributed by atoms with van der Waals surface area (Å²) in [7, 11) is 0. The van der Waals surface area contributed by atoms with Crippen molar-refractivity contribution in [2.75, 3.05) is 0 Å². The molecule has 110 valence electrons. The SMILES string of the molecule is Cc1ccc(C)c(C=Cc2nc3ccc([N+](=O)[O-])cc3s2)c1. The predicted octanol–water partition coefficient (Wildman–Crippen LogP) is 4.99. The summed E-state index contributed by atoms with van der Waals surface area (Å²) in [5.74, 6) is 0. The number of hydrogen-bond donors (Lipinski definition) is 0. The van der Waals surface area contributed by atoms with E-state index in [-0.39, 0.29) is 10.6 Å². The van der Waals surface area contributed by atoms with Gasteiger partial charge in [0.05, 0.1) is 15.1 Å². The van der Waals surface area contributed by atoms with Gasteiger partial charge in [-0.25, -0.2) is 4.98 Å². The van der Waals surface area contributed by atoms with Crippen LogP contribution in [0.5, 0.6) is 0 Å². The molecule has 0 amide bonds. The lowest BCUT2D eigenvalue weighted by Crippen LogP contribution is -1.85. The molecule has 22 heavy (non-hydrogen) atoms. The van der Waals surface area contributed by atoms with Crippen molar-refractivity contribution < 1.29 is 4.92 Å². The summed E-state index contributed by atoms with van der Waals surface area (Å²) in [5.41, 5.74) is 4.46. The van der Waals surface area contributed by atoms with Gasteiger partial charge in [-0.05, 0) is 37.1 Å². The van der Waals surface area contributed by atoms with Crippen LogP contribution >= 0.6 is 11.3 Å². The fourth-order valence-electron chi connectivity index (χ4n) is 2.22. The molecule has 0 spiro atoms. The van der Waals surface area contributed by atoms with E-state index in [1.165, 1.54) is 28.5 Å². The molecule has 0 atom stereocenters. The molecule has 0 radical (unpaired) electrons. The number of thiazole rings is 1. The maximum atomic E-state index is 10.8. The Morgan fingerprint density at radius 3 is 2.73 bits per heavy atom. The van der Waals surface area contributed by atoms with E-state index < -0.39 is 0 Å². The molecule has 0 unspecified atom stereocenters. The van der Waals surface area contributed by atoms with Crippen molar-refractivity contribution in [3.8, 4) is 0 Å². The zero-order chi connectivity index (χ0) is 15.7. The average molecular weight is 310 g/mol. The van der Waals surface area contributed by atoms with Crippen molar-refractivity contribution in [3.63, 3.8) is 0 Å². The van der Waals surface area contributed by atoms with Crippen LogP contribution in [0.2, 0.25) is 0 Å². The second-order valence-electron chi connectivity index (χ2n) is 5.15. The van der Waals surface area contributed by atoms with Gasteiger partial charge in [0.2, 0.25) is 0 Å². The van der Waals surface area contributed by atoms with Crippen LogP contribution in [0.15, 0.2) is 36.4 Å². The lowest BCUT2D eigenvalue weighted by Gasteiger charge is -2.00. The highest BCUT2D eigenvalue weighted by Crippen LogP contribution is 2.27. The number of rotatable bonds is 3. The molecular formula is C17H14N2O2S. The fraction of sp³-hybridized carbons (Fsp3) is 0.118. The largest absolute Gasteiger partial charge is 0.270 e. The summed E-state index contributed by atoms with van der Waals surface area (Å²) in [5, 5.41) is 11.7. The van der Waals surface area contributed by atoms with E-state index in [0.29, 0.717) is 0 Å². The number of non-ortho nitro benzene ring substituents is 1. The van der Waals surface area contributed by atoms with Crippen molar-refractivity contribution in [1.82, 2.24) is 4.98 Å². The Balaban J connectivity index is 1.95. The average Bonchev–Trinajstić information content (AvgIpc) is 2.90. The summed E-state index contributed by atoms with van der Waals surface area (Å²) in [6, 6.07) is 11.1.